The van der Waals surface area contributed by atoms with E-state index in [9.17, 15) is 0 Å². The monoisotopic (exact) mass is 535 g/mol. The summed E-state index contributed by atoms with van der Waals surface area (Å²) in [6, 6.07) is 17.1. The van der Waals surface area contributed by atoms with Crippen LogP contribution in [0.4, 0.5) is 11.9 Å². The number of nitrogens with one attached hydrogen (secondary N) is 2. The zero-order chi connectivity index (χ0) is 27.0. The van der Waals surface area contributed by atoms with E-state index in [0.717, 1.165) is 23.4 Å². The molecule has 0 saturated heterocycles. The molecular weight excluding hydrogens is 498 g/mol. The van der Waals surface area contributed by atoms with Gasteiger partial charge in [0.1, 0.15) is 0 Å². The smallest absolute Gasteiger partial charge is 0.374 e. The Labute approximate surface area is 225 Å². The van der Waals surface area contributed by atoms with E-state index >= 15 is 0 Å². The number of rotatable bonds is 14. The second kappa shape index (κ2) is 12.9. The fourth-order valence-corrected chi connectivity index (χ4v) is 6.77. The molecule has 0 radical (unpaired) electrons. The van der Waals surface area contributed by atoms with Crippen molar-refractivity contribution >= 4 is 20.7 Å². The van der Waals surface area contributed by atoms with Crippen LogP contribution >= 0.6 is 0 Å². The number of aromatic amines is 1. The highest BCUT2D eigenvalue weighted by Gasteiger charge is 2.39. The van der Waals surface area contributed by atoms with E-state index in [1.54, 1.807) is 0 Å². The van der Waals surface area contributed by atoms with Crippen LogP contribution in [0.5, 0.6) is 0 Å². The van der Waals surface area contributed by atoms with E-state index in [0.29, 0.717) is 50.1 Å². The molecule has 0 unspecified atom stereocenters. The van der Waals surface area contributed by atoms with Crippen LogP contribution in [0.3, 0.4) is 0 Å². The van der Waals surface area contributed by atoms with Crippen LogP contribution in [-0.2, 0) is 19.8 Å². The maximum absolute atomic E-state index is 6.02. The van der Waals surface area contributed by atoms with Crippen LogP contribution in [0.15, 0.2) is 48.5 Å². The standard InChI is InChI=1S/C27H37N7O3Si/c1-6-35-38(36-7-2,37-8-3)19-9-18-34-25(23-16-12-21(5)13-17-23)29-27(33-34)30-26-28-24(31-32-26)22-14-10-20(4)11-15-22/h10-17H,6-9,18-19H2,1-5H3,(H2,28,30,31,32,33). The molecule has 0 amide bonds. The summed E-state index contributed by atoms with van der Waals surface area (Å²) in [6.45, 7) is 12.3. The Kier molecular flexibility index (Phi) is 9.40. The van der Waals surface area contributed by atoms with E-state index in [1.165, 1.54) is 11.1 Å². The molecule has 38 heavy (non-hydrogen) atoms. The van der Waals surface area contributed by atoms with Crippen LogP contribution < -0.4 is 5.32 Å². The molecule has 0 aliphatic carbocycles. The quantitative estimate of drug-likeness (QED) is 0.203. The Morgan fingerprint density at radius 2 is 1.37 bits per heavy atom. The Morgan fingerprint density at radius 3 is 1.95 bits per heavy atom. The first-order chi connectivity index (χ1) is 18.4. The van der Waals surface area contributed by atoms with Gasteiger partial charge in [0.25, 0.3) is 0 Å². The normalized spacial score (nSPS) is 11.7. The molecule has 0 spiro atoms. The summed E-state index contributed by atoms with van der Waals surface area (Å²) >= 11 is 0. The largest absolute Gasteiger partial charge is 0.500 e. The predicted molar refractivity (Wildman–Crippen MR) is 150 cm³/mol. The Hall–Kier alpha value is -3.38. The highest BCUT2D eigenvalue weighted by atomic mass is 28.4. The van der Waals surface area contributed by atoms with E-state index in [4.69, 9.17) is 23.4 Å². The van der Waals surface area contributed by atoms with Crippen LogP contribution in [0.2, 0.25) is 6.04 Å². The molecule has 0 saturated carbocycles. The number of H-pyrrole nitrogens is 1. The van der Waals surface area contributed by atoms with Gasteiger partial charge < -0.3 is 13.3 Å². The lowest BCUT2D eigenvalue weighted by atomic mass is 10.1. The Balaban J connectivity index is 1.54. The fraction of sp³-hybridized carbons (Fsp3) is 0.407. The first-order valence-corrected chi connectivity index (χ1v) is 15.1. The fourth-order valence-electron chi connectivity index (χ4n) is 4.17. The molecule has 0 fully saturated rings. The number of benzene rings is 2. The SMILES string of the molecule is CCO[Si](CCCn1nc(Nc2n[nH]c(-c3ccc(C)cc3)n2)nc1-c1ccc(C)cc1)(OCC)OCC. The third kappa shape index (κ3) is 6.92. The number of aromatic nitrogens is 6. The first-order valence-electron chi connectivity index (χ1n) is 13.2. The van der Waals surface area contributed by atoms with Gasteiger partial charge in [-0.25, -0.2) is 4.68 Å². The minimum absolute atomic E-state index is 0.406. The predicted octanol–water partition coefficient (Wildman–Crippen LogP) is 5.53. The van der Waals surface area contributed by atoms with Gasteiger partial charge in [-0.1, -0.05) is 59.7 Å². The summed E-state index contributed by atoms with van der Waals surface area (Å²) in [6.07, 6.45) is 0.770. The van der Waals surface area contributed by atoms with Crippen molar-refractivity contribution < 1.29 is 13.3 Å². The maximum Gasteiger partial charge on any atom is 0.500 e. The van der Waals surface area contributed by atoms with E-state index in [2.05, 4.69) is 58.6 Å². The Bertz CT molecular complexity index is 1270. The molecule has 0 aliphatic heterocycles. The minimum Gasteiger partial charge on any atom is -0.374 e. The van der Waals surface area contributed by atoms with Crippen molar-refractivity contribution in [3.8, 4) is 22.8 Å². The molecule has 0 atom stereocenters. The lowest BCUT2D eigenvalue weighted by Crippen LogP contribution is -2.46. The molecule has 2 N–H and O–H groups in total. The van der Waals surface area contributed by atoms with Gasteiger partial charge in [0.05, 0.1) is 0 Å². The van der Waals surface area contributed by atoms with Gasteiger partial charge in [-0.15, -0.1) is 10.2 Å². The van der Waals surface area contributed by atoms with Crippen molar-refractivity contribution in [3.63, 3.8) is 0 Å². The molecule has 10 nitrogen and oxygen atoms in total. The highest BCUT2D eigenvalue weighted by molar-refractivity contribution is 6.60. The minimum atomic E-state index is -2.74. The molecular formula is C27H37N7O3Si. The maximum atomic E-state index is 6.02. The molecule has 4 aromatic rings. The summed E-state index contributed by atoms with van der Waals surface area (Å²) in [5.41, 5.74) is 4.31. The lowest BCUT2D eigenvalue weighted by molar-refractivity contribution is 0.0704. The highest BCUT2D eigenvalue weighted by Crippen LogP contribution is 2.24. The zero-order valence-electron chi connectivity index (χ0n) is 22.8. The first kappa shape index (κ1) is 27.6. The van der Waals surface area contributed by atoms with Crippen molar-refractivity contribution in [2.45, 2.75) is 53.6 Å². The molecule has 202 valence electrons. The molecule has 2 heterocycles. The van der Waals surface area contributed by atoms with E-state index < -0.39 is 8.80 Å². The third-order valence-corrected chi connectivity index (χ3v) is 9.11. The average molecular weight is 536 g/mol. The van der Waals surface area contributed by atoms with E-state index in [-0.39, 0.29) is 0 Å². The van der Waals surface area contributed by atoms with Crippen molar-refractivity contribution in [2.24, 2.45) is 0 Å². The van der Waals surface area contributed by atoms with Gasteiger partial charge in [0, 0.05) is 43.5 Å². The number of anilines is 2. The van der Waals surface area contributed by atoms with Crippen LogP contribution in [0, 0.1) is 13.8 Å². The molecule has 4 rings (SSSR count). The van der Waals surface area contributed by atoms with Crippen molar-refractivity contribution in [2.75, 3.05) is 25.1 Å². The van der Waals surface area contributed by atoms with Crippen molar-refractivity contribution in [1.82, 2.24) is 29.9 Å². The van der Waals surface area contributed by atoms with Gasteiger partial charge in [0.2, 0.25) is 11.9 Å². The second-order valence-corrected chi connectivity index (χ2v) is 11.7. The van der Waals surface area contributed by atoms with Gasteiger partial charge >= 0.3 is 8.80 Å². The van der Waals surface area contributed by atoms with Crippen molar-refractivity contribution in [1.29, 1.82) is 0 Å². The lowest BCUT2D eigenvalue weighted by Gasteiger charge is -2.28. The van der Waals surface area contributed by atoms with E-state index in [1.807, 2.05) is 49.7 Å². The number of hydrogen-bond donors (Lipinski definition) is 2. The average Bonchev–Trinajstić information content (AvgIpc) is 3.53. The van der Waals surface area contributed by atoms with Gasteiger partial charge in [-0.2, -0.15) is 9.97 Å². The van der Waals surface area contributed by atoms with Gasteiger partial charge in [-0.3, -0.25) is 10.4 Å². The van der Waals surface area contributed by atoms with Crippen LogP contribution in [-0.4, -0.2) is 58.6 Å². The molecule has 11 heteroatoms. The summed E-state index contributed by atoms with van der Waals surface area (Å²) in [5.74, 6) is 2.27. The van der Waals surface area contributed by atoms with Crippen LogP contribution in [0.1, 0.15) is 38.3 Å². The zero-order valence-corrected chi connectivity index (χ0v) is 23.8. The van der Waals surface area contributed by atoms with Gasteiger partial charge in [-0.05, 0) is 41.0 Å². The summed E-state index contributed by atoms with van der Waals surface area (Å²) in [4.78, 5) is 9.36. The number of aryl methyl sites for hydroxylation is 3. The molecule has 0 bridgehead atoms. The molecule has 2 aromatic carbocycles. The number of nitrogens with zero attached hydrogens (tertiary/aromatic N) is 5. The third-order valence-electron chi connectivity index (χ3n) is 5.96. The summed E-state index contributed by atoms with van der Waals surface area (Å²) < 4.78 is 20.0. The summed E-state index contributed by atoms with van der Waals surface area (Å²) in [5, 5.41) is 15.2. The summed E-state index contributed by atoms with van der Waals surface area (Å²) in [7, 11) is -2.74. The van der Waals surface area contributed by atoms with Crippen molar-refractivity contribution in [3.05, 3.63) is 59.7 Å². The number of hydrogen-bond acceptors (Lipinski definition) is 8. The topological polar surface area (TPSA) is 112 Å². The second-order valence-electron chi connectivity index (χ2n) is 8.93. The Morgan fingerprint density at radius 1 is 0.789 bits per heavy atom. The molecule has 2 aromatic heterocycles. The molecule has 0 aliphatic rings. The van der Waals surface area contributed by atoms with Crippen LogP contribution in [0.25, 0.3) is 22.8 Å². The van der Waals surface area contributed by atoms with Gasteiger partial charge in [0.15, 0.2) is 11.6 Å².